The average molecular weight is 922 g/mol. The highest BCUT2D eigenvalue weighted by Crippen LogP contribution is 2.42. The predicted octanol–water partition coefficient (Wildman–Crippen LogP) is 9.43. The first-order chi connectivity index (χ1) is 30.2. The molecule has 0 aromatic heterocycles. The van der Waals surface area contributed by atoms with E-state index in [0.717, 1.165) is 83.5 Å². The Morgan fingerprint density at radius 2 is 0.952 bits per heavy atom. The van der Waals surface area contributed by atoms with Crippen LogP contribution in [0.2, 0.25) is 0 Å². The Hall–Kier alpha value is -2.13. The third kappa shape index (κ3) is 27.8. The zero-order valence-corrected chi connectivity index (χ0v) is 40.4. The highest BCUT2D eigenvalue weighted by atomic mass is 31.2. The summed E-state index contributed by atoms with van der Waals surface area (Å²) in [6, 6.07) is -1.46. The summed E-state index contributed by atoms with van der Waals surface area (Å²) in [6.45, 7) is 5.46. The average Bonchev–Trinajstić information content (AvgIpc) is 3.25. The molecule has 1 aliphatic rings. The van der Waals surface area contributed by atoms with Crippen LogP contribution in [0.1, 0.15) is 220 Å². The number of aliphatic hydroxyl groups is 2. The van der Waals surface area contributed by atoms with Gasteiger partial charge in [-0.2, -0.15) is 0 Å². The van der Waals surface area contributed by atoms with Crippen molar-refractivity contribution in [1.29, 1.82) is 0 Å². The van der Waals surface area contributed by atoms with Crippen LogP contribution >= 0.6 is 7.82 Å². The molecule has 1 aliphatic heterocycles. The second-order valence-electron chi connectivity index (χ2n) is 17.9. The maximum absolute atomic E-state index is 13.6. The molecule has 1 amide bonds. The van der Waals surface area contributed by atoms with Crippen molar-refractivity contribution in [3.8, 4) is 0 Å². The summed E-state index contributed by atoms with van der Waals surface area (Å²) in [5.74, 6) is -2.93. The first-order valence-electron chi connectivity index (χ1n) is 24.7. The second-order valence-corrected chi connectivity index (χ2v) is 19.0. The first-order valence-corrected chi connectivity index (χ1v) is 26.2. The molecule has 1 rings (SSSR count). The molecule has 1 fully saturated rings. The predicted molar refractivity (Wildman–Crippen MR) is 242 cm³/mol. The van der Waals surface area contributed by atoms with Gasteiger partial charge in [0.1, 0.15) is 30.3 Å². The highest BCUT2D eigenvalue weighted by molar-refractivity contribution is 7.46. The van der Waals surface area contributed by atoms with E-state index < -0.39 is 87.5 Å². The fraction of sp³-hybridized carbons (Fsp3) is 0.915. The summed E-state index contributed by atoms with van der Waals surface area (Å²) >= 11 is 0. The smallest absolute Gasteiger partial charge is 0.462 e. The van der Waals surface area contributed by atoms with Crippen LogP contribution in [0, 0.1) is 5.41 Å². The van der Waals surface area contributed by atoms with Gasteiger partial charge in [0.15, 0.2) is 6.10 Å². The van der Waals surface area contributed by atoms with E-state index in [0.29, 0.717) is 19.3 Å². The Labute approximate surface area is 379 Å². The summed E-state index contributed by atoms with van der Waals surface area (Å²) in [6.07, 6.45) is 20.8. The Morgan fingerprint density at radius 1 is 0.571 bits per heavy atom. The lowest BCUT2D eigenvalue weighted by Gasteiger charge is -2.45. The van der Waals surface area contributed by atoms with Crippen LogP contribution in [0.4, 0.5) is 0 Å². The molecule has 5 N–H and O–H groups in total. The van der Waals surface area contributed by atoms with E-state index in [-0.39, 0.29) is 19.3 Å². The molecule has 1 saturated heterocycles. The maximum Gasteiger partial charge on any atom is 0.470 e. The van der Waals surface area contributed by atoms with Gasteiger partial charge in [-0.05, 0) is 26.2 Å². The van der Waals surface area contributed by atoms with E-state index in [1.807, 2.05) is 0 Å². The van der Waals surface area contributed by atoms with Crippen molar-refractivity contribution in [2.24, 2.45) is 5.41 Å². The topological polar surface area (TPSA) is 224 Å². The number of phosphoric acid groups is 1. The summed E-state index contributed by atoms with van der Waals surface area (Å²) in [7, 11) is -5.38. The Bertz CT molecular complexity index is 1260. The first kappa shape index (κ1) is 58.9. The number of esters is 3. The zero-order chi connectivity index (χ0) is 46.8. The van der Waals surface area contributed by atoms with Gasteiger partial charge >= 0.3 is 25.7 Å². The molecule has 1 heterocycles. The molecular weight excluding hydrogens is 833 g/mol. The molecular formula is C47H88NO14P. The number of hydrogen-bond acceptors (Lipinski definition) is 12. The van der Waals surface area contributed by atoms with Gasteiger partial charge in [-0.1, -0.05) is 175 Å². The van der Waals surface area contributed by atoms with Crippen LogP contribution < -0.4 is 5.32 Å². The van der Waals surface area contributed by atoms with E-state index in [9.17, 15) is 43.7 Å². The maximum atomic E-state index is 13.6. The van der Waals surface area contributed by atoms with Crippen LogP contribution in [0.25, 0.3) is 0 Å². The third-order valence-electron chi connectivity index (χ3n) is 11.8. The van der Waals surface area contributed by atoms with Crippen molar-refractivity contribution in [3.05, 3.63) is 0 Å². The fourth-order valence-electron chi connectivity index (χ4n) is 7.64. The number of carbonyl (C=O) groups is 4. The van der Waals surface area contributed by atoms with E-state index in [1.54, 1.807) is 0 Å². The monoisotopic (exact) mass is 922 g/mol. The summed E-state index contributed by atoms with van der Waals surface area (Å²) in [5, 5.41) is 22.4. The largest absolute Gasteiger partial charge is 0.470 e. The number of carbonyl (C=O) groups excluding carboxylic acids is 4. The molecule has 0 aliphatic carbocycles. The SMILES string of the molecule is CCCCCCCCCCCC(=O)N[C@H]1[C@H](OC(=O)CCCCCCCCCCC)O[C@H](COC(=O)C(C)(CO)CO)[C@@H](OP(=O)(O)O)[C@@H]1OC(=O)CCCCCCCCCCC. The van der Waals surface area contributed by atoms with E-state index in [4.69, 9.17) is 23.5 Å². The molecule has 63 heavy (non-hydrogen) atoms. The molecule has 0 spiro atoms. The van der Waals surface area contributed by atoms with E-state index >= 15 is 0 Å². The van der Waals surface area contributed by atoms with Crippen LogP contribution in [-0.4, -0.2) is 94.3 Å². The molecule has 0 bridgehead atoms. The normalized spacial score (nSPS) is 19.1. The number of phosphoric ester groups is 1. The highest BCUT2D eigenvalue weighted by Gasteiger charge is 2.53. The van der Waals surface area contributed by atoms with Crippen molar-refractivity contribution in [2.75, 3.05) is 19.8 Å². The number of rotatable bonds is 40. The number of hydrogen-bond donors (Lipinski definition) is 5. The van der Waals surface area contributed by atoms with Crippen molar-refractivity contribution in [3.63, 3.8) is 0 Å². The second kappa shape index (κ2) is 36.0. The number of unbranched alkanes of at least 4 members (excludes halogenated alkanes) is 24. The van der Waals surface area contributed by atoms with Gasteiger partial charge in [-0.25, -0.2) is 4.57 Å². The molecule has 0 aromatic carbocycles. The van der Waals surface area contributed by atoms with Crippen molar-refractivity contribution in [2.45, 2.75) is 251 Å². The van der Waals surface area contributed by atoms with Crippen LogP contribution in [0.3, 0.4) is 0 Å². The minimum atomic E-state index is -5.38. The number of aliphatic hydroxyl groups excluding tert-OH is 2. The number of nitrogens with one attached hydrogen (secondary N) is 1. The quantitative estimate of drug-likeness (QED) is 0.0167. The van der Waals surface area contributed by atoms with Crippen LogP contribution in [0.15, 0.2) is 0 Å². The standard InChI is InChI=1S/C47H88NO14P/c1-5-8-11-14-17-20-23-26-29-32-39(51)48-42-44(60-40(52)33-30-27-24-21-18-15-12-9-6-2)43(62-63(55,56)57)38(35-58-46(54)47(4,36-49)37-50)59-45(42)61-41(53)34-31-28-25-22-19-16-13-10-7-3/h38,42-45,49-50H,5-37H2,1-4H3,(H,48,51)(H2,55,56,57)/t38-,42-,43-,44-,45+/m1/s1. The fourth-order valence-corrected chi connectivity index (χ4v) is 8.21. The van der Waals surface area contributed by atoms with Crippen LogP contribution in [-0.2, 0) is 47.2 Å². The summed E-state index contributed by atoms with van der Waals surface area (Å²) in [4.78, 5) is 73.8. The Kier molecular flexibility index (Phi) is 33.7. The Morgan fingerprint density at radius 3 is 1.35 bits per heavy atom. The van der Waals surface area contributed by atoms with E-state index in [2.05, 4.69) is 26.1 Å². The number of amides is 1. The van der Waals surface area contributed by atoms with Gasteiger partial charge in [0, 0.05) is 19.3 Å². The lowest BCUT2D eigenvalue weighted by molar-refractivity contribution is -0.266. The third-order valence-corrected chi connectivity index (χ3v) is 12.3. The van der Waals surface area contributed by atoms with Gasteiger partial charge in [0.25, 0.3) is 0 Å². The molecule has 0 radical (unpaired) electrons. The van der Waals surface area contributed by atoms with Crippen molar-refractivity contribution >= 4 is 31.6 Å². The lowest BCUT2D eigenvalue weighted by atomic mass is 9.93. The molecule has 15 nitrogen and oxygen atoms in total. The van der Waals surface area contributed by atoms with Crippen molar-refractivity contribution in [1.82, 2.24) is 5.32 Å². The van der Waals surface area contributed by atoms with Crippen molar-refractivity contribution < 1.29 is 67.2 Å². The van der Waals surface area contributed by atoms with Gasteiger partial charge in [0.05, 0.1) is 13.2 Å². The molecule has 0 aromatic rings. The van der Waals surface area contributed by atoms with E-state index in [1.165, 1.54) is 77.6 Å². The van der Waals surface area contributed by atoms with Gasteiger partial charge in [-0.3, -0.25) is 23.7 Å². The molecule has 5 atom stereocenters. The zero-order valence-electron chi connectivity index (χ0n) is 39.5. The van der Waals surface area contributed by atoms with Gasteiger partial charge in [0.2, 0.25) is 12.2 Å². The van der Waals surface area contributed by atoms with Crippen LogP contribution in [0.5, 0.6) is 0 Å². The summed E-state index contributed by atoms with van der Waals surface area (Å²) < 4.78 is 41.0. The van der Waals surface area contributed by atoms with Gasteiger partial charge < -0.3 is 44.3 Å². The lowest BCUT2D eigenvalue weighted by Crippen LogP contribution is -2.66. The minimum Gasteiger partial charge on any atom is -0.462 e. The van der Waals surface area contributed by atoms with Gasteiger partial charge in [-0.15, -0.1) is 0 Å². The molecule has 16 heteroatoms. The summed E-state index contributed by atoms with van der Waals surface area (Å²) in [5.41, 5.74) is -1.73. The Balaban J connectivity index is 3.34. The molecule has 0 saturated carbocycles. The molecule has 370 valence electrons. The number of ether oxygens (including phenoxy) is 4. The minimum absolute atomic E-state index is 0.0191. The molecule has 0 unspecified atom stereocenters.